The van der Waals surface area contributed by atoms with Gasteiger partial charge in [0.15, 0.2) is 0 Å². The lowest BCUT2D eigenvalue weighted by Crippen LogP contribution is -2.20. The van der Waals surface area contributed by atoms with E-state index >= 15 is 0 Å². The highest BCUT2D eigenvalue weighted by Gasteiger charge is 2.18. The first-order chi connectivity index (χ1) is 9.20. The van der Waals surface area contributed by atoms with Crippen LogP contribution in [-0.2, 0) is 0 Å². The zero-order valence-electron chi connectivity index (χ0n) is 12.3. The molecule has 2 atom stereocenters. The van der Waals surface area contributed by atoms with Crippen molar-refractivity contribution < 1.29 is 4.74 Å². The normalized spacial score (nSPS) is 23.7. The first-order valence-electron chi connectivity index (χ1n) is 7.41. The topological polar surface area (TPSA) is 47.0 Å². The highest BCUT2D eigenvalue weighted by Crippen LogP contribution is 2.27. The van der Waals surface area contributed by atoms with Gasteiger partial charge in [-0.2, -0.15) is 0 Å². The molecule has 0 saturated heterocycles. The van der Waals surface area contributed by atoms with Gasteiger partial charge in [-0.05, 0) is 39.0 Å². The summed E-state index contributed by atoms with van der Waals surface area (Å²) in [7, 11) is 0. The van der Waals surface area contributed by atoms with Gasteiger partial charge in [-0.25, -0.2) is 9.97 Å². The van der Waals surface area contributed by atoms with Gasteiger partial charge in [-0.1, -0.05) is 19.8 Å². The molecule has 0 radical (unpaired) electrons. The average molecular weight is 263 g/mol. The van der Waals surface area contributed by atoms with E-state index in [0.29, 0.717) is 18.5 Å². The van der Waals surface area contributed by atoms with E-state index in [9.17, 15) is 0 Å². The van der Waals surface area contributed by atoms with Crippen LogP contribution in [0.5, 0.6) is 5.88 Å². The van der Waals surface area contributed by atoms with Gasteiger partial charge >= 0.3 is 0 Å². The van der Waals surface area contributed by atoms with Crippen LogP contribution in [0.1, 0.15) is 51.5 Å². The molecule has 0 aliphatic heterocycles. The monoisotopic (exact) mass is 263 g/mol. The Morgan fingerprint density at radius 3 is 2.89 bits per heavy atom. The fourth-order valence-electron chi connectivity index (χ4n) is 2.69. The lowest BCUT2D eigenvalue weighted by molar-refractivity contribution is 0.323. The zero-order chi connectivity index (χ0) is 13.7. The zero-order valence-corrected chi connectivity index (χ0v) is 12.3. The van der Waals surface area contributed by atoms with Gasteiger partial charge in [0, 0.05) is 6.04 Å². The third kappa shape index (κ3) is 3.82. The SMILES string of the molecule is CCOc1ncnc(NC2CCCC(C)CC2)c1C. The Labute approximate surface area is 116 Å². The fourth-order valence-corrected chi connectivity index (χ4v) is 2.69. The molecule has 0 amide bonds. The maximum Gasteiger partial charge on any atom is 0.221 e. The smallest absolute Gasteiger partial charge is 0.221 e. The average Bonchev–Trinajstić information content (AvgIpc) is 2.60. The Kier molecular flexibility index (Phi) is 5.00. The molecular weight excluding hydrogens is 238 g/mol. The molecule has 2 unspecified atom stereocenters. The van der Waals surface area contributed by atoms with Crippen LogP contribution in [0.25, 0.3) is 0 Å². The summed E-state index contributed by atoms with van der Waals surface area (Å²) < 4.78 is 5.52. The molecule has 4 heteroatoms. The Morgan fingerprint density at radius 1 is 1.26 bits per heavy atom. The maximum atomic E-state index is 5.52. The van der Waals surface area contributed by atoms with Crippen LogP contribution in [0, 0.1) is 12.8 Å². The van der Waals surface area contributed by atoms with E-state index in [1.54, 1.807) is 6.33 Å². The number of nitrogens with one attached hydrogen (secondary N) is 1. The number of ether oxygens (including phenoxy) is 1. The van der Waals surface area contributed by atoms with E-state index in [1.165, 1.54) is 32.1 Å². The Hall–Kier alpha value is -1.32. The summed E-state index contributed by atoms with van der Waals surface area (Å²) in [5.41, 5.74) is 1.02. The molecule has 0 bridgehead atoms. The van der Waals surface area contributed by atoms with E-state index < -0.39 is 0 Å². The van der Waals surface area contributed by atoms with Crippen molar-refractivity contribution in [2.75, 3.05) is 11.9 Å². The van der Waals surface area contributed by atoms with Gasteiger partial charge in [-0.15, -0.1) is 0 Å². The molecule has 1 fully saturated rings. The summed E-state index contributed by atoms with van der Waals surface area (Å²) in [5, 5.41) is 3.58. The fraction of sp³-hybridized carbons (Fsp3) is 0.733. The Balaban J connectivity index is 2.04. The van der Waals surface area contributed by atoms with E-state index in [-0.39, 0.29) is 0 Å². The van der Waals surface area contributed by atoms with Crippen molar-refractivity contribution in [1.29, 1.82) is 0 Å². The molecule has 1 heterocycles. The molecule has 1 aliphatic rings. The van der Waals surface area contributed by atoms with Crippen molar-refractivity contribution in [3.05, 3.63) is 11.9 Å². The molecule has 1 N–H and O–H groups in total. The molecule has 19 heavy (non-hydrogen) atoms. The molecule has 1 saturated carbocycles. The van der Waals surface area contributed by atoms with Crippen LogP contribution in [0.15, 0.2) is 6.33 Å². The molecule has 0 spiro atoms. The van der Waals surface area contributed by atoms with E-state index in [2.05, 4.69) is 22.2 Å². The van der Waals surface area contributed by atoms with E-state index in [1.807, 2.05) is 13.8 Å². The third-order valence-electron chi connectivity index (χ3n) is 3.92. The molecule has 106 valence electrons. The van der Waals surface area contributed by atoms with Crippen LogP contribution < -0.4 is 10.1 Å². The van der Waals surface area contributed by atoms with Crippen molar-refractivity contribution in [1.82, 2.24) is 9.97 Å². The Morgan fingerprint density at radius 2 is 2.11 bits per heavy atom. The number of aromatic nitrogens is 2. The second-order valence-electron chi connectivity index (χ2n) is 5.54. The molecular formula is C15H25N3O. The van der Waals surface area contributed by atoms with Crippen molar-refractivity contribution in [3.8, 4) is 5.88 Å². The first-order valence-corrected chi connectivity index (χ1v) is 7.41. The van der Waals surface area contributed by atoms with Gasteiger partial charge in [-0.3, -0.25) is 0 Å². The summed E-state index contributed by atoms with van der Waals surface area (Å²) in [4.78, 5) is 8.54. The maximum absolute atomic E-state index is 5.52. The van der Waals surface area contributed by atoms with Gasteiger partial charge in [0.2, 0.25) is 5.88 Å². The minimum absolute atomic E-state index is 0.535. The third-order valence-corrected chi connectivity index (χ3v) is 3.92. The molecule has 1 aliphatic carbocycles. The first kappa shape index (κ1) is 14.1. The predicted octanol–water partition coefficient (Wildman–Crippen LogP) is 3.56. The van der Waals surface area contributed by atoms with Crippen LogP contribution in [0.3, 0.4) is 0 Å². The summed E-state index contributed by atoms with van der Waals surface area (Å²) >= 11 is 0. The number of rotatable bonds is 4. The second-order valence-corrected chi connectivity index (χ2v) is 5.54. The number of hydrogen-bond donors (Lipinski definition) is 1. The summed E-state index contributed by atoms with van der Waals surface area (Å²) in [6, 6.07) is 0.535. The summed E-state index contributed by atoms with van der Waals surface area (Å²) in [6.45, 7) is 6.98. The quantitative estimate of drug-likeness (QED) is 0.844. The summed E-state index contributed by atoms with van der Waals surface area (Å²) in [5.74, 6) is 2.48. The van der Waals surface area contributed by atoms with Crippen molar-refractivity contribution in [3.63, 3.8) is 0 Å². The summed E-state index contributed by atoms with van der Waals surface area (Å²) in [6.07, 6.45) is 8.01. The minimum Gasteiger partial charge on any atom is -0.478 e. The van der Waals surface area contributed by atoms with Gasteiger partial charge < -0.3 is 10.1 Å². The van der Waals surface area contributed by atoms with E-state index in [4.69, 9.17) is 4.74 Å². The number of hydrogen-bond acceptors (Lipinski definition) is 4. The van der Waals surface area contributed by atoms with E-state index in [0.717, 1.165) is 17.3 Å². The van der Waals surface area contributed by atoms with Crippen LogP contribution in [0.2, 0.25) is 0 Å². The van der Waals surface area contributed by atoms with Crippen LogP contribution in [0.4, 0.5) is 5.82 Å². The van der Waals surface area contributed by atoms with Crippen molar-refractivity contribution >= 4 is 5.82 Å². The van der Waals surface area contributed by atoms with Crippen molar-refractivity contribution in [2.45, 2.75) is 58.9 Å². The van der Waals surface area contributed by atoms with Gasteiger partial charge in [0.25, 0.3) is 0 Å². The standard InChI is InChI=1S/C15H25N3O/c1-4-19-15-12(3)14(16-10-17-15)18-13-7-5-6-11(2)8-9-13/h10-11,13H,4-9H2,1-3H3,(H,16,17,18). The molecule has 1 aromatic rings. The molecule has 0 aromatic carbocycles. The van der Waals surface area contributed by atoms with Crippen LogP contribution in [-0.4, -0.2) is 22.6 Å². The lowest BCUT2D eigenvalue weighted by Gasteiger charge is -2.19. The largest absolute Gasteiger partial charge is 0.478 e. The lowest BCUT2D eigenvalue weighted by atomic mass is 10.0. The number of nitrogens with zero attached hydrogens (tertiary/aromatic N) is 2. The minimum atomic E-state index is 0.535. The highest BCUT2D eigenvalue weighted by molar-refractivity contribution is 5.48. The molecule has 2 rings (SSSR count). The Bertz CT molecular complexity index is 408. The predicted molar refractivity (Wildman–Crippen MR) is 77.6 cm³/mol. The van der Waals surface area contributed by atoms with Gasteiger partial charge in [0.05, 0.1) is 12.2 Å². The number of anilines is 1. The molecule has 1 aromatic heterocycles. The van der Waals surface area contributed by atoms with Gasteiger partial charge in [0.1, 0.15) is 12.1 Å². The second kappa shape index (κ2) is 6.73. The molecule has 4 nitrogen and oxygen atoms in total. The van der Waals surface area contributed by atoms with Crippen molar-refractivity contribution in [2.24, 2.45) is 5.92 Å². The van der Waals surface area contributed by atoms with Crippen LogP contribution >= 0.6 is 0 Å². The highest BCUT2D eigenvalue weighted by atomic mass is 16.5.